The number of allylic oxidation sites excluding steroid dienone is 3. The minimum Gasteiger partial charge on any atom is -0.508 e. The lowest BCUT2D eigenvalue weighted by Crippen LogP contribution is -2.39. The summed E-state index contributed by atoms with van der Waals surface area (Å²) >= 11 is 0. The van der Waals surface area contributed by atoms with Crippen molar-refractivity contribution in [3.63, 3.8) is 0 Å². The predicted octanol–water partition coefficient (Wildman–Crippen LogP) is 3.97. The summed E-state index contributed by atoms with van der Waals surface area (Å²) in [6, 6.07) is 2.17. The molecule has 0 bridgehead atoms. The summed E-state index contributed by atoms with van der Waals surface area (Å²) in [6.07, 6.45) is 11.5. The normalized spacial score (nSPS) is 22.2. The number of fused-ring (bicyclic) bond motifs is 1. The van der Waals surface area contributed by atoms with Gasteiger partial charge in [0, 0.05) is 25.6 Å². The molecule has 1 aromatic carbocycles. The van der Waals surface area contributed by atoms with Crippen LogP contribution in [0.5, 0.6) is 11.5 Å². The third-order valence-electron chi connectivity index (χ3n) is 5.99. The van der Waals surface area contributed by atoms with Gasteiger partial charge in [-0.2, -0.15) is 0 Å². The molecule has 1 aromatic rings. The van der Waals surface area contributed by atoms with E-state index in [0.717, 1.165) is 43.7 Å². The minimum atomic E-state index is -5.08. The molecule has 2 heterocycles. The molecular formula is C26H35N2O9P. The number of rotatable bonds is 6. The largest absolute Gasteiger partial charge is 0.524 e. The number of hydrogen-bond acceptors (Lipinski definition) is 8. The second kappa shape index (κ2) is 13.6. The van der Waals surface area contributed by atoms with Crippen molar-refractivity contribution in [2.75, 3.05) is 19.7 Å². The average Bonchev–Trinajstić information content (AvgIpc) is 2.82. The number of hydroxylamine groups is 1. The summed E-state index contributed by atoms with van der Waals surface area (Å²) in [7, 11) is -5.08. The number of likely N-dealkylation sites (tertiary alicyclic amines) is 1. The Labute approximate surface area is 222 Å². The molecule has 38 heavy (non-hydrogen) atoms. The smallest absolute Gasteiger partial charge is 0.508 e. The summed E-state index contributed by atoms with van der Waals surface area (Å²) in [4.78, 5) is 51.7. The van der Waals surface area contributed by atoms with Gasteiger partial charge in [-0.05, 0) is 69.7 Å². The fourth-order valence-corrected chi connectivity index (χ4v) is 4.58. The number of carbonyl (C=O) groups excluding carboxylic acids is 2. The summed E-state index contributed by atoms with van der Waals surface area (Å²) in [5, 5.41) is 10.3. The van der Waals surface area contributed by atoms with Gasteiger partial charge >= 0.3 is 13.8 Å². The fraction of sp³-hybridized carbons (Fsp3) is 0.462. The highest BCUT2D eigenvalue weighted by molar-refractivity contribution is 7.46. The summed E-state index contributed by atoms with van der Waals surface area (Å²) in [6.45, 7) is 4.77. The molecule has 1 atom stereocenters. The van der Waals surface area contributed by atoms with Gasteiger partial charge in [-0.15, -0.1) is 0 Å². The van der Waals surface area contributed by atoms with Crippen LogP contribution in [0.3, 0.4) is 0 Å². The molecule has 0 radical (unpaired) electrons. The molecule has 0 aliphatic carbocycles. The van der Waals surface area contributed by atoms with E-state index in [1.54, 1.807) is 17.9 Å². The number of piperidine rings is 1. The molecule has 208 valence electrons. The Balaban J connectivity index is 1.99. The zero-order valence-electron chi connectivity index (χ0n) is 21.6. The topological polar surface area (TPSA) is 155 Å². The highest BCUT2D eigenvalue weighted by Gasteiger charge is 2.27. The maximum absolute atomic E-state index is 13.1. The number of carbonyl (C=O) groups is 2. The van der Waals surface area contributed by atoms with E-state index < -0.39 is 31.4 Å². The Morgan fingerprint density at radius 2 is 1.92 bits per heavy atom. The number of esters is 1. The van der Waals surface area contributed by atoms with E-state index in [9.17, 15) is 29.0 Å². The van der Waals surface area contributed by atoms with Crippen LogP contribution in [0.2, 0.25) is 0 Å². The third kappa shape index (κ3) is 9.33. The lowest BCUT2D eigenvalue weighted by atomic mass is 10.0. The summed E-state index contributed by atoms with van der Waals surface area (Å²) < 4.78 is 21.8. The van der Waals surface area contributed by atoms with Crippen LogP contribution < -0.4 is 10.0 Å². The van der Waals surface area contributed by atoms with Crippen molar-refractivity contribution in [1.29, 1.82) is 0 Å². The molecule has 0 spiro atoms. The van der Waals surface area contributed by atoms with Gasteiger partial charge in [-0.1, -0.05) is 17.7 Å². The number of benzene rings is 1. The molecule has 1 fully saturated rings. The third-order valence-corrected chi connectivity index (χ3v) is 6.43. The van der Waals surface area contributed by atoms with Crippen molar-refractivity contribution in [3.05, 3.63) is 52.8 Å². The number of hydrogen-bond donors (Lipinski definition) is 4. The van der Waals surface area contributed by atoms with Gasteiger partial charge in [0.05, 0.1) is 5.70 Å². The van der Waals surface area contributed by atoms with Crippen LogP contribution in [0.25, 0.3) is 6.08 Å². The molecule has 0 aromatic heterocycles. The first kappa shape index (κ1) is 29.4. The van der Waals surface area contributed by atoms with Gasteiger partial charge in [0.2, 0.25) is 0 Å². The number of phosphoric ester groups is 1. The number of phosphoric acid groups is 1. The quantitative estimate of drug-likeness (QED) is 0.177. The number of ether oxygens (including phenoxy) is 1. The molecule has 2 aliphatic rings. The van der Waals surface area contributed by atoms with Gasteiger partial charge < -0.3 is 19.3 Å². The fourth-order valence-electron chi connectivity index (χ4n) is 4.18. The molecule has 11 nitrogen and oxygen atoms in total. The van der Waals surface area contributed by atoms with Crippen molar-refractivity contribution >= 4 is 25.8 Å². The Morgan fingerprint density at radius 1 is 1.18 bits per heavy atom. The van der Waals surface area contributed by atoms with Crippen LogP contribution in [0.15, 0.2) is 41.6 Å². The molecule has 0 unspecified atom stereocenters. The average molecular weight is 551 g/mol. The van der Waals surface area contributed by atoms with E-state index in [4.69, 9.17) is 14.1 Å². The van der Waals surface area contributed by atoms with Gasteiger partial charge in [0.25, 0.3) is 5.91 Å². The van der Waals surface area contributed by atoms with Crippen LogP contribution >= 0.6 is 7.82 Å². The second-order valence-electron chi connectivity index (χ2n) is 9.37. The SMILES string of the molecule is C/C1=C\C(NOCC(=O)N2CCCCC2)=C\c2cc(O)cc(OP(=O)(O)O)c2C(=O)O[C@H](C)CC=CCC1. The number of amides is 1. The maximum Gasteiger partial charge on any atom is 0.524 e. The molecule has 12 heteroatoms. The Hall–Kier alpha value is -3.11. The first-order chi connectivity index (χ1) is 18.0. The monoisotopic (exact) mass is 550 g/mol. The zero-order valence-corrected chi connectivity index (χ0v) is 22.5. The van der Waals surface area contributed by atoms with Crippen LogP contribution in [0.4, 0.5) is 0 Å². The molecule has 3 rings (SSSR count). The standard InChI is InChI=1S/C26H35N2O9P/c1-18-9-5-3-6-10-19(2)36-26(31)25-20(15-22(29)16-23(25)37-38(32,33)34)14-21(13-18)27-35-17-24(30)28-11-7-4-8-12-28/h3,6,13-16,19,27,29H,4-5,7-12,17H2,1-2H3,(H2,32,33,34)/b6-3?,18-13+,21-14-/t19-/m1/s1. The van der Waals surface area contributed by atoms with E-state index in [-0.39, 0.29) is 23.6 Å². The van der Waals surface area contributed by atoms with Crippen LogP contribution in [-0.2, 0) is 18.9 Å². The van der Waals surface area contributed by atoms with E-state index in [2.05, 4.69) is 5.48 Å². The van der Waals surface area contributed by atoms with Crippen molar-refractivity contribution < 1.29 is 43.1 Å². The van der Waals surface area contributed by atoms with Gasteiger partial charge in [-0.25, -0.2) is 9.36 Å². The lowest BCUT2D eigenvalue weighted by Gasteiger charge is -2.26. The van der Waals surface area contributed by atoms with Crippen molar-refractivity contribution in [3.8, 4) is 11.5 Å². The number of nitrogens with zero attached hydrogens (tertiary/aromatic N) is 1. The van der Waals surface area contributed by atoms with Gasteiger partial charge in [0.15, 0.2) is 6.61 Å². The Kier molecular flexibility index (Phi) is 10.6. The van der Waals surface area contributed by atoms with E-state index >= 15 is 0 Å². The molecule has 1 saturated heterocycles. The highest BCUT2D eigenvalue weighted by Crippen LogP contribution is 2.42. The zero-order chi connectivity index (χ0) is 27.7. The van der Waals surface area contributed by atoms with E-state index in [1.807, 2.05) is 19.1 Å². The number of nitrogens with one attached hydrogen (secondary N) is 1. The van der Waals surface area contributed by atoms with Crippen molar-refractivity contribution in [1.82, 2.24) is 10.4 Å². The summed E-state index contributed by atoms with van der Waals surface area (Å²) in [5.74, 6) is -1.98. The number of aromatic hydroxyl groups is 1. The molecule has 0 saturated carbocycles. The van der Waals surface area contributed by atoms with Gasteiger partial charge in [-0.3, -0.25) is 24.9 Å². The molecule has 1 amide bonds. The molecule has 4 N–H and O–H groups in total. The molecule has 2 aliphatic heterocycles. The number of phenols is 1. The van der Waals surface area contributed by atoms with Crippen molar-refractivity contribution in [2.24, 2.45) is 0 Å². The number of cyclic esters (lactones) is 1. The first-order valence-electron chi connectivity index (χ1n) is 12.5. The molecular weight excluding hydrogens is 515 g/mol. The van der Waals surface area contributed by atoms with Gasteiger partial charge in [0.1, 0.15) is 23.2 Å². The second-order valence-corrected chi connectivity index (χ2v) is 10.5. The Bertz CT molecular complexity index is 1150. The van der Waals surface area contributed by atoms with Crippen LogP contribution in [-0.4, -0.2) is 57.5 Å². The predicted molar refractivity (Wildman–Crippen MR) is 140 cm³/mol. The van der Waals surface area contributed by atoms with Crippen molar-refractivity contribution in [2.45, 2.75) is 58.5 Å². The van der Waals surface area contributed by atoms with E-state index in [0.29, 0.717) is 25.2 Å². The van der Waals surface area contributed by atoms with E-state index in [1.165, 1.54) is 12.1 Å². The Morgan fingerprint density at radius 3 is 2.63 bits per heavy atom. The van der Waals surface area contributed by atoms with Crippen LogP contribution in [0, 0.1) is 0 Å². The highest BCUT2D eigenvalue weighted by atomic mass is 31.2. The summed E-state index contributed by atoms with van der Waals surface area (Å²) in [5.41, 5.74) is 3.82. The number of phenolic OH excluding ortho intramolecular Hbond substituents is 1. The lowest BCUT2D eigenvalue weighted by molar-refractivity contribution is -0.139. The first-order valence-corrected chi connectivity index (χ1v) is 14.1. The minimum absolute atomic E-state index is 0.0655. The maximum atomic E-state index is 13.1. The van der Waals surface area contributed by atoms with Crippen LogP contribution in [0.1, 0.15) is 68.3 Å².